The van der Waals surface area contributed by atoms with Gasteiger partial charge < -0.3 is 15.7 Å². The van der Waals surface area contributed by atoms with Crippen molar-refractivity contribution in [2.24, 2.45) is 5.92 Å². The van der Waals surface area contributed by atoms with E-state index in [1.54, 1.807) is 11.8 Å². The molecule has 0 heterocycles. The minimum atomic E-state index is -0.765. The summed E-state index contributed by atoms with van der Waals surface area (Å²) in [6.07, 6.45) is 3.65. The zero-order valence-corrected chi connectivity index (χ0v) is 12.2. The van der Waals surface area contributed by atoms with Crippen LogP contribution < -0.4 is 10.6 Å². The summed E-state index contributed by atoms with van der Waals surface area (Å²) in [5.74, 6) is 0.436. The summed E-state index contributed by atoms with van der Waals surface area (Å²) in [4.78, 5) is 21.8. The van der Waals surface area contributed by atoms with Crippen LogP contribution in [0.4, 0.5) is 4.79 Å². The van der Waals surface area contributed by atoms with E-state index < -0.39 is 5.97 Å². The Morgan fingerprint density at radius 1 is 1.28 bits per heavy atom. The predicted molar refractivity (Wildman–Crippen MR) is 75.0 cm³/mol. The van der Waals surface area contributed by atoms with E-state index in [-0.39, 0.29) is 18.5 Å². The number of hydrogen-bond donors (Lipinski definition) is 3. The van der Waals surface area contributed by atoms with Crippen LogP contribution in [-0.4, -0.2) is 41.7 Å². The van der Waals surface area contributed by atoms with Crippen LogP contribution in [0, 0.1) is 5.92 Å². The van der Waals surface area contributed by atoms with Gasteiger partial charge in [0.25, 0.3) is 0 Å². The van der Waals surface area contributed by atoms with Gasteiger partial charge in [0, 0.05) is 24.8 Å². The molecule has 18 heavy (non-hydrogen) atoms. The average Bonchev–Trinajstić information content (AvgIpc) is 2.26. The summed E-state index contributed by atoms with van der Waals surface area (Å²) < 4.78 is 0. The van der Waals surface area contributed by atoms with E-state index >= 15 is 0 Å². The molecule has 0 fully saturated rings. The fraction of sp³-hybridized carbons (Fsp3) is 0.833. The van der Waals surface area contributed by atoms with Gasteiger partial charge >= 0.3 is 12.0 Å². The van der Waals surface area contributed by atoms with E-state index in [0.29, 0.717) is 18.9 Å². The van der Waals surface area contributed by atoms with Gasteiger partial charge in [0.05, 0.1) is 0 Å². The number of urea groups is 1. The van der Waals surface area contributed by atoms with Crippen LogP contribution in [0.15, 0.2) is 0 Å². The van der Waals surface area contributed by atoms with E-state index in [1.807, 2.05) is 20.1 Å². The first kappa shape index (κ1) is 17.1. The van der Waals surface area contributed by atoms with Crippen molar-refractivity contribution in [3.8, 4) is 0 Å². The second-order valence-electron chi connectivity index (χ2n) is 4.58. The Morgan fingerprint density at radius 3 is 2.50 bits per heavy atom. The SMILES string of the molecule is CSCC(C)NC(=O)NCCC(C)CCC(=O)O. The van der Waals surface area contributed by atoms with Crippen molar-refractivity contribution in [2.45, 2.75) is 39.2 Å². The highest BCUT2D eigenvalue weighted by Gasteiger charge is 2.08. The van der Waals surface area contributed by atoms with Crippen molar-refractivity contribution in [2.75, 3.05) is 18.6 Å². The van der Waals surface area contributed by atoms with Crippen LogP contribution >= 0.6 is 11.8 Å². The zero-order valence-electron chi connectivity index (χ0n) is 11.4. The first-order valence-corrected chi connectivity index (χ1v) is 7.60. The molecular formula is C12H24N2O3S. The summed E-state index contributed by atoms with van der Waals surface area (Å²) in [7, 11) is 0. The number of amides is 2. The Bertz CT molecular complexity index is 262. The second-order valence-corrected chi connectivity index (χ2v) is 5.49. The molecule has 0 aromatic carbocycles. The van der Waals surface area contributed by atoms with Gasteiger partial charge in [0.15, 0.2) is 0 Å². The third-order valence-corrected chi connectivity index (χ3v) is 3.40. The van der Waals surface area contributed by atoms with Crippen molar-refractivity contribution in [3.63, 3.8) is 0 Å². The maximum Gasteiger partial charge on any atom is 0.315 e. The predicted octanol–water partition coefficient (Wildman–Crippen LogP) is 1.93. The van der Waals surface area contributed by atoms with Gasteiger partial charge in [-0.25, -0.2) is 4.79 Å². The molecule has 0 aliphatic heterocycles. The number of nitrogens with one attached hydrogen (secondary N) is 2. The number of hydrogen-bond acceptors (Lipinski definition) is 3. The lowest BCUT2D eigenvalue weighted by Gasteiger charge is -2.14. The van der Waals surface area contributed by atoms with Crippen molar-refractivity contribution in [3.05, 3.63) is 0 Å². The molecule has 6 heteroatoms. The molecule has 0 aromatic rings. The molecule has 5 nitrogen and oxygen atoms in total. The molecule has 0 bridgehead atoms. The van der Waals surface area contributed by atoms with Crippen LogP contribution in [-0.2, 0) is 4.79 Å². The Hall–Kier alpha value is -0.910. The molecule has 2 unspecified atom stereocenters. The Balaban J connectivity index is 3.58. The minimum absolute atomic E-state index is 0.151. The largest absolute Gasteiger partial charge is 0.481 e. The fourth-order valence-electron chi connectivity index (χ4n) is 1.51. The third-order valence-electron chi connectivity index (χ3n) is 2.57. The highest BCUT2D eigenvalue weighted by atomic mass is 32.2. The Morgan fingerprint density at radius 2 is 1.94 bits per heavy atom. The lowest BCUT2D eigenvalue weighted by Crippen LogP contribution is -2.42. The summed E-state index contributed by atoms with van der Waals surface area (Å²) in [6.45, 7) is 4.54. The number of aliphatic carboxylic acids is 1. The number of carboxylic acid groups (broad SMARTS) is 1. The van der Waals surface area contributed by atoms with Gasteiger partial charge in [0.1, 0.15) is 0 Å². The van der Waals surface area contributed by atoms with E-state index in [2.05, 4.69) is 10.6 Å². The Kier molecular flexibility index (Phi) is 9.55. The summed E-state index contributed by atoms with van der Waals surface area (Å²) in [5, 5.41) is 14.2. The van der Waals surface area contributed by atoms with E-state index in [9.17, 15) is 9.59 Å². The van der Waals surface area contributed by atoms with E-state index in [4.69, 9.17) is 5.11 Å². The molecule has 0 saturated heterocycles. The lowest BCUT2D eigenvalue weighted by atomic mass is 10.0. The molecular weight excluding hydrogens is 252 g/mol. The molecule has 2 atom stereocenters. The molecule has 2 amide bonds. The fourth-order valence-corrected chi connectivity index (χ4v) is 2.10. The van der Waals surface area contributed by atoms with Gasteiger partial charge in [0.2, 0.25) is 0 Å². The van der Waals surface area contributed by atoms with Crippen molar-refractivity contribution in [1.82, 2.24) is 10.6 Å². The van der Waals surface area contributed by atoms with Crippen molar-refractivity contribution in [1.29, 1.82) is 0 Å². The summed E-state index contributed by atoms with van der Waals surface area (Å²) >= 11 is 1.69. The van der Waals surface area contributed by atoms with Crippen molar-refractivity contribution < 1.29 is 14.7 Å². The van der Waals surface area contributed by atoms with Gasteiger partial charge in [-0.05, 0) is 31.9 Å². The van der Waals surface area contributed by atoms with Crippen LogP contribution in [0.3, 0.4) is 0 Å². The zero-order chi connectivity index (χ0) is 14.0. The molecule has 0 saturated carbocycles. The molecule has 3 N–H and O–H groups in total. The van der Waals surface area contributed by atoms with Gasteiger partial charge in [-0.3, -0.25) is 4.79 Å². The van der Waals surface area contributed by atoms with Gasteiger partial charge in [-0.1, -0.05) is 6.92 Å². The molecule has 0 spiro atoms. The maximum atomic E-state index is 11.5. The van der Waals surface area contributed by atoms with Crippen LogP contribution in [0.5, 0.6) is 0 Å². The van der Waals surface area contributed by atoms with E-state index in [0.717, 1.165) is 12.2 Å². The summed E-state index contributed by atoms with van der Waals surface area (Å²) in [6, 6.07) is 0.00594. The van der Waals surface area contributed by atoms with Crippen LogP contribution in [0.25, 0.3) is 0 Å². The van der Waals surface area contributed by atoms with Gasteiger partial charge in [-0.2, -0.15) is 11.8 Å². The van der Waals surface area contributed by atoms with E-state index in [1.165, 1.54) is 0 Å². The first-order valence-electron chi connectivity index (χ1n) is 6.20. The lowest BCUT2D eigenvalue weighted by molar-refractivity contribution is -0.137. The molecule has 106 valence electrons. The average molecular weight is 276 g/mol. The molecule has 0 radical (unpaired) electrons. The van der Waals surface area contributed by atoms with Gasteiger partial charge in [-0.15, -0.1) is 0 Å². The molecule has 0 aliphatic rings. The van der Waals surface area contributed by atoms with Crippen LogP contribution in [0.2, 0.25) is 0 Å². The number of rotatable bonds is 9. The smallest absolute Gasteiger partial charge is 0.315 e. The third kappa shape index (κ3) is 10.3. The molecule has 0 rings (SSSR count). The number of thioether (sulfide) groups is 1. The van der Waals surface area contributed by atoms with Crippen molar-refractivity contribution >= 4 is 23.8 Å². The minimum Gasteiger partial charge on any atom is -0.481 e. The number of carbonyl (C=O) groups is 2. The first-order chi connectivity index (χ1) is 8.45. The summed E-state index contributed by atoms with van der Waals surface area (Å²) in [5.41, 5.74) is 0. The standard InChI is InChI=1S/C12H24N2O3S/c1-9(4-5-11(15)16)6-7-13-12(17)14-10(2)8-18-3/h9-10H,4-8H2,1-3H3,(H,15,16)(H2,13,14,17). The molecule has 0 aliphatic carbocycles. The number of carboxylic acids is 1. The highest BCUT2D eigenvalue weighted by molar-refractivity contribution is 7.98. The quantitative estimate of drug-likeness (QED) is 0.601. The van der Waals surface area contributed by atoms with Crippen LogP contribution in [0.1, 0.15) is 33.1 Å². The number of carbonyl (C=O) groups excluding carboxylic acids is 1. The monoisotopic (exact) mass is 276 g/mol. The topological polar surface area (TPSA) is 78.4 Å². The Labute approximate surface area is 113 Å². The second kappa shape index (κ2) is 10.1. The molecule has 0 aromatic heterocycles. The maximum absolute atomic E-state index is 11.5. The highest BCUT2D eigenvalue weighted by Crippen LogP contribution is 2.08. The normalized spacial score (nSPS) is 13.7.